The van der Waals surface area contributed by atoms with Crippen molar-refractivity contribution >= 4 is 11.2 Å². The Morgan fingerprint density at radius 1 is 1.20 bits per heavy atom. The normalized spacial score (nSPS) is 17.2. The summed E-state index contributed by atoms with van der Waals surface area (Å²) in [6.07, 6.45) is 5.08. The van der Waals surface area contributed by atoms with Crippen LogP contribution < -0.4 is 5.01 Å². The zero-order valence-corrected chi connectivity index (χ0v) is 8.20. The lowest BCUT2D eigenvalue weighted by Crippen LogP contribution is -2.43. The molecule has 3 heterocycles. The first-order chi connectivity index (χ1) is 7.45. The van der Waals surface area contributed by atoms with Gasteiger partial charge in [0.25, 0.3) is 0 Å². The molecular weight excluding hydrogens is 194 g/mol. The van der Waals surface area contributed by atoms with Gasteiger partial charge in [-0.2, -0.15) is 0 Å². The number of aromatic nitrogens is 4. The highest BCUT2D eigenvalue weighted by Crippen LogP contribution is 2.09. The van der Waals surface area contributed by atoms with Gasteiger partial charge in [0.05, 0.1) is 32.5 Å². The summed E-state index contributed by atoms with van der Waals surface area (Å²) in [5.74, 6) is 0. The average Bonchev–Trinajstić information content (AvgIpc) is 2.74. The molecule has 0 N–H and O–H groups in total. The Balaban J connectivity index is 2.02. The first kappa shape index (κ1) is 8.60. The van der Waals surface area contributed by atoms with Gasteiger partial charge in [0.1, 0.15) is 18.2 Å². The van der Waals surface area contributed by atoms with E-state index in [4.69, 9.17) is 4.74 Å². The van der Waals surface area contributed by atoms with E-state index < -0.39 is 0 Å². The molecule has 78 valence electrons. The third-order valence-corrected chi connectivity index (χ3v) is 2.50. The molecule has 0 atom stereocenters. The van der Waals surface area contributed by atoms with Crippen molar-refractivity contribution in [2.24, 2.45) is 0 Å². The number of rotatable bonds is 1. The van der Waals surface area contributed by atoms with Gasteiger partial charge in [-0.15, -0.1) is 0 Å². The van der Waals surface area contributed by atoms with Crippen molar-refractivity contribution in [3.05, 3.63) is 18.9 Å². The number of nitrogens with zero attached hydrogens (tertiary/aromatic N) is 5. The summed E-state index contributed by atoms with van der Waals surface area (Å²) in [7, 11) is 0. The van der Waals surface area contributed by atoms with Crippen LogP contribution >= 0.6 is 0 Å². The van der Waals surface area contributed by atoms with E-state index in [1.807, 2.05) is 4.68 Å². The molecule has 1 aliphatic heterocycles. The molecule has 2 aromatic rings. The van der Waals surface area contributed by atoms with E-state index in [9.17, 15) is 0 Å². The van der Waals surface area contributed by atoms with Crippen molar-refractivity contribution in [2.45, 2.75) is 0 Å². The molecule has 0 radical (unpaired) electrons. The van der Waals surface area contributed by atoms with Gasteiger partial charge in [-0.3, -0.25) is 0 Å². The molecule has 1 saturated heterocycles. The predicted molar refractivity (Wildman–Crippen MR) is 54.1 cm³/mol. The lowest BCUT2D eigenvalue weighted by molar-refractivity contribution is 0.112. The molecule has 2 aromatic heterocycles. The first-order valence-electron chi connectivity index (χ1n) is 4.91. The second kappa shape index (κ2) is 3.47. The number of ether oxygens (including phenoxy) is 1. The highest BCUT2D eigenvalue weighted by atomic mass is 16.5. The van der Waals surface area contributed by atoms with E-state index in [1.165, 1.54) is 6.33 Å². The van der Waals surface area contributed by atoms with Crippen LogP contribution in [0.5, 0.6) is 0 Å². The zero-order chi connectivity index (χ0) is 10.1. The van der Waals surface area contributed by atoms with E-state index in [0.717, 1.165) is 37.5 Å². The maximum atomic E-state index is 5.30. The van der Waals surface area contributed by atoms with Crippen molar-refractivity contribution in [2.75, 3.05) is 31.3 Å². The summed E-state index contributed by atoms with van der Waals surface area (Å²) in [6, 6.07) is 0. The van der Waals surface area contributed by atoms with Crippen molar-refractivity contribution in [1.82, 2.24) is 19.6 Å². The molecule has 1 aliphatic rings. The maximum absolute atomic E-state index is 5.30. The fraction of sp³-hybridized carbons (Fsp3) is 0.444. The summed E-state index contributed by atoms with van der Waals surface area (Å²) in [5.41, 5.74) is 1.68. The Hall–Kier alpha value is -1.69. The average molecular weight is 205 g/mol. The second-order valence-corrected chi connectivity index (χ2v) is 3.39. The minimum atomic E-state index is 0.733. The first-order valence-corrected chi connectivity index (χ1v) is 4.91. The number of imidazole rings is 1. The lowest BCUT2D eigenvalue weighted by Gasteiger charge is -2.29. The molecule has 0 amide bonds. The van der Waals surface area contributed by atoms with Gasteiger partial charge >= 0.3 is 0 Å². The Labute approximate surface area is 86.5 Å². The number of hydrogen-bond donors (Lipinski definition) is 0. The third-order valence-electron chi connectivity index (χ3n) is 2.50. The number of hydrogen-bond acceptors (Lipinski definition) is 5. The van der Waals surface area contributed by atoms with E-state index >= 15 is 0 Å². The zero-order valence-electron chi connectivity index (χ0n) is 8.20. The fourth-order valence-corrected chi connectivity index (χ4v) is 1.74. The van der Waals surface area contributed by atoms with Crippen LogP contribution in [0.25, 0.3) is 11.2 Å². The van der Waals surface area contributed by atoms with Crippen LogP contribution in [0.4, 0.5) is 0 Å². The molecule has 0 unspecified atom stereocenters. The van der Waals surface area contributed by atoms with Crippen LogP contribution in [0.1, 0.15) is 0 Å². The van der Waals surface area contributed by atoms with Gasteiger partial charge < -0.3 is 9.75 Å². The quantitative estimate of drug-likeness (QED) is 0.645. The van der Waals surface area contributed by atoms with Crippen molar-refractivity contribution < 1.29 is 4.74 Å². The molecule has 3 rings (SSSR count). The van der Waals surface area contributed by atoms with Gasteiger partial charge in [-0.25, -0.2) is 19.6 Å². The van der Waals surface area contributed by atoms with E-state index in [2.05, 4.69) is 20.0 Å². The molecule has 0 aromatic carbocycles. The van der Waals surface area contributed by atoms with Crippen molar-refractivity contribution in [3.63, 3.8) is 0 Å². The number of fused-ring (bicyclic) bond motifs is 1. The molecule has 0 saturated carbocycles. The Kier molecular flexibility index (Phi) is 1.99. The molecular formula is C9H11N5O. The third kappa shape index (κ3) is 1.42. The minimum Gasteiger partial charge on any atom is -0.378 e. The molecule has 15 heavy (non-hydrogen) atoms. The van der Waals surface area contributed by atoms with Crippen LogP contribution in [0.3, 0.4) is 0 Å². The summed E-state index contributed by atoms with van der Waals surface area (Å²) in [5, 5.41) is 2.18. The van der Waals surface area contributed by atoms with Gasteiger partial charge in [0, 0.05) is 0 Å². The van der Waals surface area contributed by atoms with Gasteiger partial charge in [-0.1, -0.05) is 0 Å². The van der Waals surface area contributed by atoms with E-state index in [0.29, 0.717) is 0 Å². The van der Waals surface area contributed by atoms with Gasteiger partial charge in [0.15, 0.2) is 5.65 Å². The fourth-order valence-electron chi connectivity index (χ4n) is 1.74. The largest absolute Gasteiger partial charge is 0.378 e. The summed E-state index contributed by atoms with van der Waals surface area (Å²) < 4.78 is 7.30. The molecule has 0 bridgehead atoms. The van der Waals surface area contributed by atoms with Crippen LogP contribution in [-0.4, -0.2) is 45.9 Å². The van der Waals surface area contributed by atoms with Gasteiger partial charge in [-0.05, 0) is 0 Å². The lowest BCUT2D eigenvalue weighted by atomic mass is 10.5. The molecule has 6 heteroatoms. The summed E-state index contributed by atoms with van der Waals surface area (Å²) >= 11 is 0. The van der Waals surface area contributed by atoms with Crippen molar-refractivity contribution in [3.8, 4) is 0 Å². The van der Waals surface area contributed by atoms with E-state index in [1.54, 1.807) is 12.5 Å². The standard InChI is InChI=1S/C9H11N5O/c1-3-15-4-2-13(1)14-7-12-9-8(14)5-10-6-11-9/h5-7H,1-4H2. The van der Waals surface area contributed by atoms with Crippen molar-refractivity contribution in [1.29, 1.82) is 0 Å². The maximum Gasteiger partial charge on any atom is 0.182 e. The van der Waals surface area contributed by atoms with Crippen LogP contribution in [0.2, 0.25) is 0 Å². The Bertz CT molecular complexity index is 462. The highest BCUT2D eigenvalue weighted by Gasteiger charge is 2.13. The Morgan fingerprint density at radius 2 is 2.07 bits per heavy atom. The van der Waals surface area contributed by atoms with Crippen LogP contribution in [-0.2, 0) is 4.74 Å². The minimum absolute atomic E-state index is 0.733. The smallest absolute Gasteiger partial charge is 0.182 e. The molecule has 0 spiro atoms. The highest BCUT2D eigenvalue weighted by molar-refractivity contribution is 5.69. The van der Waals surface area contributed by atoms with Crippen LogP contribution in [0.15, 0.2) is 18.9 Å². The topological polar surface area (TPSA) is 56.1 Å². The van der Waals surface area contributed by atoms with Gasteiger partial charge in [0.2, 0.25) is 0 Å². The number of morpholine rings is 1. The monoisotopic (exact) mass is 205 g/mol. The second-order valence-electron chi connectivity index (χ2n) is 3.39. The molecule has 1 fully saturated rings. The Morgan fingerprint density at radius 3 is 2.93 bits per heavy atom. The summed E-state index contributed by atoms with van der Waals surface area (Å²) in [6.45, 7) is 3.27. The van der Waals surface area contributed by atoms with Crippen LogP contribution in [0, 0.1) is 0 Å². The SMILES string of the molecule is c1ncc2c(n1)ncn2N1CCOCC1. The molecule has 0 aliphatic carbocycles. The van der Waals surface area contributed by atoms with E-state index in [-0.39, 0.29) is 0 Å². The summed E-state index contributed by atoms with van der Waals surface area (Å²) in [4.78, 5) is 12.3. The predicted octanol–water partition coefficient (Wildman–Crippen LogP) is -0.206. The molecule has 6 nitrogen and oxygen atoms in total.